The van der Waals surface area contributed by atoms with Gasteiger partial charge in [0, 0.05) is 6.07 Å². The molecule has 0 unspecified atom stereocenters. The van der Waals surface area contributed by atoms with Crippen LogP contribution in [0.5, 0.6) is 0 Å². The van der Waals surface area contributed by atoms with Crippen LogP contribution in [-0.4, -0.2) is 15.9 Å². The number of nitrogens with two attached hydrogens (primary N) is 1. The highest BCUT2D eigenvalue weighted by atomic mass is 32.1. The Kier molecular flexibility index (Phi) is 4.66. The molecule has 0 amide bonds. The quantitative estimate of drug-likeness (QED) is 0.493. The molecule has 3 aromatic rings. The second-order valence-electron chi connectivity index (χ2n) is 4.97. The molecule has 2 aromatic heterocycles. The van der Waals surface area contributed by atoms with Crippen molar-refractivity contribution in [2.45, 2.75) is 6.18 Å². The van der Waals surface area contributed by atoms with E-state index in [0.29, 0.717) is 10.6 Å². The maximum absolute atomic E-state index is 13.1. The van der Waals surface area contributed by atoms with Gasteiger partial charge in [0.05, 0.1) is 10.6 Å². The number of nitrogens with zero attached hydrogens (tertiary/aromatic N) is 2. The first-order valence-electron chi connectivity index (χ1n) is 7.13. The fraction of sp³-hybridized carbons (Fsp3) is 0.0625. The second-order valence-corrected chi connectivity index (χ2v) is 5.91. The molecule has 128 valence electrons. The summed E-state index contributed by atoms with van der Waals surface area (Å²) in [6.07, 6.45) is -4.59. The Morgan fingerprint density at radius 2 is 1.84 bits per heavy atom. The lowest BCUT2D eigenvalue weighted by molar-refractivity contribution is -0.365. The van der Waals surface area contributed by atoms with Crippen molar-refractivity contribution in [1.82, 2.24) is 9.97 Å². The molecule has 0 spiro atoms. The van der Waals surface area contributed by atoms with Gasteiger partial charge in [-0.3, -0.25) is 5.32 Å². The van der Waals surface area contributed by atoms with E-state index < -0.39 is 11.9 Å². The van der Waals surface area contributed by atoms with E-state index in [2.05, 4.69) is 20.3 Å². The van der Waals surface area contributed by atoms with Gasteiger partial charge in [0.25, 0.3) is 5.96 Å². The molecule has 4 N–H and O–H groups in total. The van der Waals surface area contributed by atoms with Crippen LogP contribution in [0.3, 0.4) is 0 Å². The highest BCUT2D eigenvalue weighted by Crippen LogP contribution is 2.31. The fourth-order valence-corrected chi connectivity index (χ4v) is 2.71. The minimum Gasteiger partial charge on any atom is -0.322 e. The Balaban J connectivity index is 1.97. The summed E-state index contributed by atoms with van der Waals surface area (Å²) in [5, 5.41) is 4.59. The number of hydrogen-bond donors (Lipinski definition) is 3. The van der Waals surface area contributed by atoms with E-state index in [1.165, 1.54) is 11.3 Å². The number of rotatable bonds is 3. The summed E-state index contributed by atoms with van der Waals surface area (Å²) in [6, 6.07) is 13.3. The zero-order valence-corrected chi connectivity index (χ0v) is 13.5. The summed E-state index contributed by atoms with van der Waals surface area (Å²) in [6.45, 7) is 0. The molecule has 25 heavy (non-hydrogen) atoms. The summed E-state index contributed by atoms with van der Waals surface area (Å²) < 4.78 is 39.3. The number of halogens is 3. The number of nitrogens with one attached hydrogen (secondary N) is 2. The van der Waals surface area contributed by atoms with Crippen molar-refractivity contribution in [1.29, 1.82) is 0 Å². The first-order valence-corrected chi connectivity index (χ1v) is 8.01. The van der Waals surface area contributed by atoms with Gasteiger partial charge in [-0.05, 0) is 23.6 Å². The highest BCUT2D eigenvalue weighted by Gasteiger charge is 2.36. The molecule has 0 aliphatic heterocycles. The van der Waals surface area contributed by atoms with Crippen molar-refractivity contribution < 1.29 is 18.2 Å². The lowest BCUT2D eigenvalue weighted by Gasteiger charge is -2.05. The third-order valence-corrected chi connectivity index (χ3v) is 3.98. The van der Waals surface area contributed by atoms with Crippen LogP contribution in [0.2, 0.25) is 0 Å². The number of anilines is 1. The average Bonchev–Trinajstić information content (AvgIpc) is 3.09. The van der Waals surface area contributed by atoms with Crippen LogP contribution in [0.4, 0.5) is 24.8 Å². The van der Waals surface area contributed by atoms with Gasteiger partial charge in [-0.25, -0.2) is 4.99 Å². The predicted molar refractivity (Wildman–Crippen MR) is 90.2 cm³/mol. The monoisotopic (exact) mass is 364 g/mol. The molecule has 0 bridgehead atoms. The Labute approximate surface area is 145 Å². The molecule has 9 heteroatoms. The zero-order chi connectivity index (χ0) is 17.9. The molecule has 5 nitrogen and oxygen atoms in total. The number of para-hydroxylation sites is 1. The lowest BCUT2D eigenvalue weighted by atomic mass is 10.3. The van der Waals surface area contributed by atoms with Gasteiger partial charge < -0.3 is 5.73 Å². The van der Waals surface area contributed by atoms with Gasteiger partial charge in [0.15, 0.2) is 5.69 Å². The van der Waals surface area contributed by atoms with Gasteiger partial charge in [0.1, 0.15) is 5.69 Å². The van der Waals surface area contributed by atoms with Crippen molar-refractivity contribution in [3.05, 3.63) is 59.6 Å². The van der Waals surface area contributed by atoms with E-state index in [9.17, 15) is 13.2 Å². The minimum absolute atomic E-state index is 0.0163. The smallest absolute Gasteiger partial charge is 0.322 e. The van der Waals surface area contributed by atoms with Crippen LogP contribution in [0, 0.1) is 0 Å². The van der Waals surface area contributed by atoms with Crippen molar-refractivity contribution in [3.63, 3.8) is 0 Å². The molecule has 0 radical (unpaired) electrons. The Morgan fingerprint density at radius 1 is 1.08 bits per heavy atom. The Morgan fingerprint density at radius 3 is 2.48 bits per heavy atom. The van der Waals surface area contributed by atoms with Crippen molar-refractivity contribution >= 4 is 28.9 Å². The summed E-state index contributed by atoms with van der Waals surface area (Å²) in [7, 11) is 0. The first kappa shape index (κ1) is 16.9. The number of thiophene rings is 1. The molecule has 0 saturated heterocycles. The zero-order valence-electron chi connectivity index (χ0n) is 12.7. The van der Waals surface area contributed by atoms with Crippen LogP contribution >= 0.6 is 11.3 Å². The van der Waals surface area contributed by atoms with Crippen molar-refractivity contribution in [2.75, 3.05) is 5.32 Å². The number of hydrogen-bond acceptors (Lipinski definition) is 3. The Hall–Kier alpha value is -2.94. The molecule has 0 aliphatic rings. The van der Waals surface area contributed by atoms with Gasteiger partial charge in [-0.15, -0.1) is 21.3 Å². The number of guanidine groups is 1. The van der Waals surface area contributed by atoms with E-state index in [1.807, 2.05) is 6.07 Å². The Bertz CT molecular complexity index is 877. The maximum atomic E-state index is 13.1. The molecule has 0 fully saturated rings. The van der Waals surface area contributed by atoms with E-state index in [1.54, 1.807) is 41.8 Å². The molecule has 0 saturated carbocycles. The lowest BCUT2D eigenvalue weighted by Crippen LogP contribution is -2.72. The molecule has 0 atom stereocenters. The van der Waals surface area contributed by atoms with Gasteiger partial charge in [0.2, 0.25) is 0 Å². The van der Waals surface area contributed by atoms with Crippen LogP contribution in [0.15, 0.2) is 53.9 Å². The maximum Gasteiger partial charge on any atom is 0.443 e. The summed E-state index contributed by atoms with van der Waals surface area (Å²) in [5.41, 5.74) is 5.61. The summed E-state index contributed by atoms with van der Waals surface area (Å²) in [5.74, 6) is -0.221. The van der Waals surface area contributed by atoms with Crippen LogP contribution < -0.4 is 16.0 Å². The summed E-state index contributed by atoms with van der Waals surface area (Å²) in [4.78, 5) is 10.8. The van der Waals surface area contributed by atoms with E-state index in [-0.39, 0.29) is 17.6 Å². The van der Waals surface area contributed by atoms with Gasteiger partial charge in [-0.2, -0.15) is 13.2 Å². The van der Waals surface area contributed by atoms with Crippen LogP contribution in [0.1, 0.15) is 5.69 Å². The van der Waals surface area contributed by atoms with E-state index in [0.717, 1.165) is 6.07 Å². The predicted octanol–water partition coefficient (Wildman–Crippen LogP) is 2.36. The topological polar surface area (TPSA) is 77.8 Å². The fourth-order valence-electron chi connectivity index (χ4n) is 2.03. The van der Waals surface area contributed by atoms with Gasteiger partial charge >= 0.3 is 12.1 Å². The SMILES string of the molecule is NC(Nc1ccccc1)=[NH+]c1nc(-c2cccs2)cc(C(F)(F)F)n1. The number of aromatic nitrogens is 2. The molecule has 0 aliphatic carbocycles. The second kappa shape index (κ2) is 6.89. The molecule has 2 heterocycles. The van der Waals surface area contributed by atoms with Crippen molar-refractivity contribution in [3.8, 4) is 10.6 Å². The van der Waals surface area contributed by atoms with E-state index >= 15 is 0 Å². The first-order chi connectivity index (χ1) is 11.9. The van der Waals surface area contributed by atoms with Gasteiger partial charge in [-0.1, -0.05) is 24.3 Å². The van der Waals surface area contributed by atoms with Crippen LogP contribution in [-0.2, 0) is 6.18 Å². The highest BCUT2D eigenvalue weighted by molar-refractivity contribution is 7.13. The van der Waals surface area contributed by atoms with E-state index in [4.69, 9.17) is 5.73 Å². The molecule has 3 rings (SSSR count). The molecular weight excluding hydrogens is 351 g/mol. The minimum atomic E-state index is -4.59. The number of alkyl halides is 3. The third kappa shape index (κ3) is 4.32. The summed E-state index contributed by atoms with van der Waals surface area (Å²) >= 11 is 1.29. The standard InChI is InChI=1S/C16H12F3N5S/c17-16(18,19)13-9-11(12-7-4-8-25-12)22-15(23-13)24-14(20)21-10-5-2-1-3-6-10/h1-9H,(H3,20,21,22,23,24)/p+1. The van der Waals surface area contributed by atoms with Crippen LogP contribution in [0.25, 0.3) is 10.6 Å². The van der Waals surface area contributed by atoms with Crippen molar-refractivity contribution in [2.24, 2.45) is 5.73 Å². The normalized spacial score (nSPS) is 12.2. The number of benzene rings is 1. The largest absolute Gasteiger partial charge is 0.443 e. The third-order valence-electron chi connectivity index (χ3n) is 3.09. The molecule has 1 aromatic carbocycles. The molecular formula is C16H13F3N5S+. The average molecular weight is 364 g/mol.